The van der Waals surface area contributed by atoms with Gasteiger partial charge in [-0.2, -0.15) is 5.10 Å². The summed E-state index contributed by atoms with van der Waals surface area (Å²) in [5.74, 6) is -4.48. The molecule has 2 aliphatic heterocycles. The van der Waals surface area contributed by atoms with Gasteiger partial charge in [0.25, 0.3) is 5.91 Å². The van der Waals surface area contributed by atoms with Crippen LogP contribution < -0.4 is 25.4 Å². The highest BCUT2D eigenvalue weighted by Crippen LogP contribution is 2.44. The summed E-state index contributed by atoms with van der Waals surface area (Å²) in [5.41, 5.74) is 5.45. The van der Waals surface area contributed by atoms with E-state index in [-0.39, 0.29) is 122 Å². The molecule has 3 aromatic heterocycles. The maximum Gasteiger partial charge on any atom is 0.317 e. The van der Waals surface area contributed by atoms with Gasteiger partial charge in [0.2, 0.25) is 17.7 Å². The molecular weight excluding hydrogens is 1150 g/mol. The van der Waals surface area contributed by atoms with Gasteiger partial charge < -0.3 is 55.1 Å². The van der Waals surface area contributed by atoms with E-state index in [1.807, 2.05) is 50.2 Å². The van der Waals surface area contributed by atoms with Gasteiger partial charge in [0.1, 0.15) is 28.7 Å². The summed E-state index contributed by atoms with van der Waals surface area (Å²) in [6, 6.07) is 8.59. The first kappa shape index (κ1) is 65.1. The number of aromatic nitrogens is 3. The summed E-state index contributed by atoms with van der Waals surface area (Å²) < 4.78 is 14.0. The van der Waals surface area contributed by atoms with Crippen LogP contribution in [0.3, 0.4) is 0 Å². The van der Waals surface area contributed by atoms with Gasteiger partial charge >= 0.3 is 23.9 Å². The van der Waals surface area contributed by atoms with Gasteiger partial charge in [0, 0.05) is 139 Å². The molecule has 4 aromatic rings. The van der Waals surface area contributed by atoms with E-state index in [9.17, 15) is 63.6 Å². The molecule has 4 aliphatic rings. The number of methoxy groups -OCH3 is 1. The molecule has 0 bridgehead atoms. The number of carboxylic acid groups (broad SMARTS) is 4. The molecule has 0 radical (unpaired) electrons. The minimum atomic E-state index is -1.21. The lowest BCUT2D eigenvalue weighted by molar-refractivity contribution is -0.140. The average Bonchev–Trinajstić information content (AvgIpc) is 1.66. The maximum absolute atomic E-state index is 14.5. The van der Waals surface area contributed by atoms with Gasteiger partial charge in [-0.3, -0.25) is 68.3 Å². The van der Waals surface area contributed by atoms with Crippen LogP contribution in [0, 0.1) is 5.92 Å². The van der Waals surface area contributed by atoms with Crippen molar-refractivity contribution in [3.63, 3.8) is 0 Å². The number of carboxylic acids is 4. The van der Waals surface area contributed by atoms with Gasteiger partial charge in [0.05, 0.1) is 45.2 Å². The number of hydrogen-bond donors (Lipinski definition) is 7. The molecule has 1 saturated carbocycles. The number of fused-ring (bicyclic) bond motifs is 3. The second-order valence-corrected chi connectivity index (χ2v) is 23.1. The fourth-order valence-electron chi connectivity index (χ4n) is 11.3. The fraction of sp³-hybridized carbons (Fsp3) is 0.542. The summed E-state index contributed by atoms with van der Waals surface area (Å²) in [6.45, 7) is 2.64. The van der Waals surface area contributed by atoms with E-state index in [0.717, 1.165) is 52.2 Å². The summed E-state index contributed by atoms with van der Waals surface area (Å²) in [7, 11) is 1.60. The number of ether oxygens (including phenoxy) is 2. The predicted octanol–water partition coefficient (Wildman–Crippen LogP) is 1.46. The van der Waals surface area contributed by atoms with Crippen LogP contribution in [0.2, 0.25) is 0 Å². The Kier molecular flexibility index (Phi) is 23.7. The molecule has 8 rings (SSSR count). The maximum atomic E-state index is 14.5. The second kappa shape index (κ2) is 31.7. The van der Waals surface area contributed by atoms with Gasteiger partial charge in [-0.15, -0.1) is 11.3 Å². The monoisotopic (exact) mass is 1230 g/mol. The quantitative estimate of drug-likeness (QED) is 0.0328. The van der Waals surface area contributed by atoms with Crippen LogP contribution in [0.5, 0.6) is 11.5 Å². The molecule has 87 heavy (non-hydrogen) atoms. The Balaban J connectivity index is 0.862. The summed E-state index contributed by atoms with van der Waals surface area (Å²) in [4.78, 5) is 128. The molecule has 5 heterocycles. The van der Waals surface area contributed by atoms with Gasteiger partial charge in [-0.05, 0) is 86.2 Å². The molecule has 2 aliphatic carbocycles. The third kappa shape index (κ3) is 18.1. The van der Waals surface area contributed by atoms with Crippen molar-refractivity contribution >= 4 is 65.1 Å². The number of amides is 4. The summed E-state index contributed by atoms with van der Waals surface area (Å²) in [5, 5.41) is 54.4. The Morgan fingerprint density at radius 3 is 2.02 bits per heavy atom. The number of aliphatic carboxylic acids is 4. The van der Waals surface area contributed by atoms with Gasteiger partial charge in [-0.1, -0.05) is 6.42 Å². The van der Waals surface area contributed by atoms with Gasteiger partial charge in [0.15, 0.2) is 12.0 Å². The van der Waals surface area contributed by atoms with Crippen molar-refractivity contribution in [2.75, 3.05) is 125 Å². The molecule has 0 spiro atoms. The van der Waals surface area contributed by atoms with Crippen molar-refractivity contribution in [1.82, 2.24) is 60.1 Å². The van der Waals surface area contributed by atoms with E-state index < -0.39 is 54.3 Å². The lowest BCUT2D eigenvalue weighted by Gasteiger charge is -2.35. The lowest BCUT2D eigenvalue weighted by Crippen LogP contribution is -2.54. The van der Waals surface area contributed by atoms with Crippen molar-refractivity contribution in [1.29, 1.82) is 0 Å². The van der Waals surface area contributed by atoms with Crippen LogP contribution in [0.1, 0.15) is 73.0 Å². The first-order valence-electron chi connectivity index (χ1n) is 29.6. The van der Waals surface area contributed by atoms with Crippen molar-refractivity contribution in [3.8, 4) is 38.9 Å². The van der Waals surface area contributed by atoms with Crippen molar-refractivity contribution in [3.05, 3.63) is 64.9 Å². The Morgan fingerprint density at radius 2 is 1.41 bits per heavy atom. The Hall–Kier alpha value is -7.89. The lowest BCUT2D eigenvalue weighted by atomic mass is 9.84. The highest BCUT2D eigenvalue weighted by atomic mass is 32.1. The van der Waals surface area contributed by atoms with Crippen LogP contribution in [0.4, 0.5) is 0 Å². The molecule has 2 atom stereocenters. The molecular formula is C59H78N12O15S. The van der Waals surface area contributed by atoms with E-state index in [1.165, 1.54) is 11.3 Å². The van der Waals surface area contributed by atoms with Crippen LogP contribution in [0.15, 0.2) is 48.1 Å². The topological polar surface area (TPSA) is 339 Å². The number of rotatable bonds is 27. The van der Waals surface area contributed by atoms with Crippen LogP contribution >= 0.6 is 11.3 Å². The number of pyridine rings is 1. The van der Waals surface area contributed by atoms with Gasteiger partial charge in [-0.25, -0.2) is 4.68 Å². The number of carbonyl (C=O) groups is 9. The summed E-state index contributed by atoms with van der Waals surface area (Å²) in [6.07, 6.45) is 7.22. The minimum absolute atomic E-state index is 0.0663. The van der Waals surface area contributed by atoms with Crippen molar-refractivity contribution in [2.45, 2.75) is 76.4 Å². The minimum Gasteiger partial charge on any atom is -0.496 e. The zero-order valence-electron chi connectivity index (χ0n) is 48.9. The molecule has 470 valence electrons. The standard InChI is InChI=1S/C59H78N12O15S/c1-85-47-31-40-9-10-43-55(59(84)70-17-5-16-69(26-27-70)58(83)39-6-2-7-39)64-71(50-8-3-29-87-50)56(43)45(40)32-44(47)41-30-42(34-60-33-41)86-28-4-14-62-57(82)46(11-12-51(74)75)63-49(73)13-15-61-48(38-72)68-24-22-66(36-53(78)79)20-18-65(35-52(76)77)19-21-67(23-25-68)37-54(80)81/h3,8,29-34,38-39,46,48,61H,2,4-7,9-28,35-37H2,1H3,(H,62,82)(H,63,73)(H,74,75)(H,76,77)(H,78,79)(H,80,81)/t46-,48?/m0/s1. The molecule has 7 N–H and O–H groups in total. The Morgan fingerprint density at radius 1 is 0.747 bits per heavy atom. The molecule has 4 amide bonds. The largest absolute Gasteiger partial charge is 0.496 e. The first-order valence-corrected chi connectivity index (χ1v) is 30.4. The number of nitrogens with zero attached hydrogens (tertiary/aromatic N) is 9. The number of nitrogens with one attached hydrogen (secondary N) is 3. The number of aldehydes is 1. The molecule has 27 nitrogen and oxygen atoms in total. The average molecular weight is 1230 g/mol. The molecule has 1 aromatic carbocycles. The van der Waals surface area contributed by atoms with Crippen LogP contribution in [0.25, 0.3) is 27.4 Å². The second-order valence-electron chi connectivity index (χ2n) is 22.1. The highest BCUT2D eigenvalue weighted by molar-refractivity contribution is 7.12. The predicted molar refractivity (Wildman–Crippen MR) is 317 cm³/mol. The van der Waals surface area contributed by atoms with E-state index in [2.05, 4.69) is 20.9 Å². The van der Waals surface area contributed by atoms with Crippen LogP contribution in [-0.4, -0.2) is 256 Å². The fourth-order valence-corrected chi connectivity index (χ4v) is 12.0. The van der Waals surface area contributed by atoms with E-state index in [1.54, 1.807) is 39.1 Å². The highest BCUT2D eigenvalue weighted by Gasteiger charge is 2.36. The zero-order valence-corrected chi connectivity index (χ0v) is 49.8. The third-order valence-corrected chi connectivity index (χ3v) is 17.0. The zero-order chi connectivity index (χ0) is 62.0. The number of hydrogen-bond acceptors (Lipinski definition) is 19. The molecule has 1 unspecified atom stereocenters. The smallest absolute Gasteiger partial charge is 0.317 e. The van der Waals surface area contributed by atoms with Crippen LogP contribution in [-0.2, 0) is 51.2 Å². The van der Waals surface area contributed by atoms with E-state index in [4.69, 9.17) is 14.6 Å². The van der Waals surface area contributed by atoms with E-state index in [0.29, 0.717) is 80.9 Å². The van der Waals surface area contributed by atoms with Crippen molar-refractivity contribution < 1.29 is 73.1 Å². The molecule has 28 heteroatoms. The first-order chi connectivity index (χ1) is 42.0. The molecule has 3 fully saturated rings. The summed E-state index contributed by atoms with van der Waals surface area (Å²) >= 11 is 1.52. The third-order valence-electron chi connectivity index (χ3n) is 16.2. The number of carbonyl (C=O) groups excluding carboxylic acids is 5. The SMILES string of the molecule is COc1cc2c(cc1-c1cncc(OCCCNC(=O)[C@H](CCC(=O)O)NC(=O)CCNC(C=O)N3CCN(CC(=O)O)CCN(CC(=O)O)CCN(CC(=O)O)CC3)c1)-c1c(c(C(=O)N3CCCN(C(=O)C4CCC4)CC3)nn1-c1cccs1)CC2. The van der Waals surface area contributed by atoms with E-state index >= 15 is 0 Å². The molecule has 2 saturated heterocycles. The Labute approximate surface area is 507 Å². The number of aryl methyl sites for hydroxylation is 1. The van der Waals surface area contributed by atoms with Crippen molar-refractivity contribution in [2.24, 2.45) is 5.92 Å². The Bertz CT molecular complexity index is 3050. The number of benzene rings is 1. The number of thiophene rings is 1. The normalized spacial score (nSPS) is 17.4.